The van der Waals surface area contributed by atoms with Crippen LogP contribution in [0.2, 0.25) is 0 Å². The number of ether oxygens (including phenoxy) is 2. The van der Waals surface area contributed by atoms with Gasteiger partial charge >= 0.3 is 5.97 Å². The van der Waals surface area contributed by atoms with Crippen molar-refractivity contribution in [3.63, 3.8) is 0 Å². The summed E-state index contributed by atoms with van der Waals surface area (Å²) in [5.41, 5.74) is 0.849. The Hall–Kier alpha value is -2.07. The fourth-order valence-electron chi connectivity index (χ4n) is 2.84. The maximum absolute atomic E-state index is 10.5. The summed E-state index contributed by atoms with van der Waals surface area (Å²) >= 11 is 0. The van der Waals surface area contributed by atoms with Gasteiger partial charge in [-0.05, 0) is 61.8 Å². The van der Waals surface area contributed by atoms with Crippen molar-refractivity contribution in [3.8, 4) is 5.75 Å². The molecule has 4 nitrogen and oxygen atoms in total. The first-order valence-electron chi connectivity index (χ1n) is 8.53. The van der Waals surface area contributed by atoms with Crippen molar-refractivity contribution < 1.29 is 19.4 Å². The molecule has 4 heteroatoms. The summed E-state index contributed by atoms with van der Waals surface area (Å²) in [6.07, 6.45) is 10.4. The molecular weight excluding hydrogens is 304 g/mol. The van der Waals surface area contributed by atoms with Crippen LogP contribution in [0.5, 0.6) is 5.75 Å². The monoisotopic (exact) mass is 330 g/mol. The van der Waals surface area contributed by atoms with Crippen LogP contribution in [0.3, 0.4) is 0 Å². The summed E-state index contributed by atoms with van der Waals surface area (Å²) in [6.45, 7) is 5.21. The van der Waals surface area contributed by atoms with Gasteiger partial charge in [-0.3, -0.25) is 0 Å². The largest absolute Gasteiger partial charge is 0.493 e. The number of carboxylic acid groups (broad SMARTS) is 1. The van der Waals surface area contributed by atoms with Gasteiger partial charge in [0.25, 0.3) is 0 Å². The predicted octanol–water partition coefficient (Wildman–Crippen LogP) is 4.31. The Morgan fingerprint density at radius 1 is 1.21 bits per heavy atom. The summed E-state index contributed by atoms with van der Waals surface area (Å²) in [4.78, 5) is 10.5. The molecule has 1 aliphatic carbocycles. The normalized spacial score (nSPS) is 20.8. The predicted molar refractivity (Wildman–Crippen MR) is 95.1 cm³/mol. The van der Waals surface area contributed by atoms with Crippen LogP contribution in [-0.4, -0.2) is 30.4 Å². The Kier molecular flexibility index (Phi) is 7.56. The molecule has 0 unspecified atom stereocenters. The average molecular weight is 330 g/mol. The summed E-state index contributed by atoms with van der Waals surface area (Å²) in [5, 5.41) is 8.61. The van der Waals surface area contributed by atoms with Gasteiger partial charge in [0.1, 0.15) is 5.75 Å². The highest BCUT2D eigenvalue weighted by Gasteiger charge is 2.21. The summed E-state index contributed by atoms with van der Waals surface area (Å²) < 4.78 is 11.7. The van der Waals surface area contributed by atoms with Gasteiger partial charge in [-0.25, -0.2) is 4.79 Å². The van der Waals surface area contributed by atoms with Gasteiger partial charge in [-0.1, -0.05) is 18.2 Å². The molecule has 0 heterocycles. The van der Waals surface area contributed by atoms with Crippen LogP contribution < -0.4 is 4.74 Å². The lowest BCUT2D eigenvalue weighted by Gasteiger charge is -2.28. The fourth-order valence-corrected chi connectivity index (χ4v) is 2.84. The number of aliphatic carboxylic acids is 1. The van der Waals surface area contributed by atoms with E-state index in [1.54, 1.807) is 6.08 Å². The number of hydrogen-bond acceptors (Lipinski definition) is 3. The molecule has 0 aromatic heterocycles. The quantitative estimate of drug-likeness (QED) is 0.416. The van der Waals surface area contributed by atoms with Crippen LogP contribution in [0.15, 0.2) is 43.0 Å². The number of benzene rings is 1. The SMILES string of the molecule is C=CCCOC1CCC(COc2ccc(/C=C/C(=O)O)cc2)CC1. The molecule has 1 N–H and O–H groups in total. The first kappa shape index (κ1) is 18.3. The number of hydrogen-bond donors (Lipinski definition) is 1. The smallest absolute Gasteiger partial charge is 0.328 e. The Morgan fingerprint density at radius 2 is 1.92 bits per heavy atom. The van der Waals surface area contributed by atoms with Crippen molar-refractivity contribution in [1.82, 2.24) is 0 Å². The molecule has 1 aromatic carbocycles. The molecule has 0 aliphatic heterocycles. The maximum atomic E-state index is 10.5. The zero-order chi connectivity index (χ0) is 17.2. The number of carbonyl (C=O) groups is 1. The summed E-state index contributed by atoms with van der Waals surface area (Å²) in [5.74, 6) is 0.460. The first-order valence-corrected chi connectivity index (χ1v) is 8.53. The Labute approximate surface area is 143 Å². The minimum atomic E-state index is -0.945. The van der Waals surface area contributed by atoms with Crippen LogP contribution in [0, 0.1) is 5.92 Å². The van der Waals surface area contributed by atoms with Crippen LogP contribution in [0.4, 0.5) is 0 Å². The highest BCUT2D eigenvalue weighted by atomic mass is 16.5. The van der Waals surface area contributed by atoms with E-state index in [1.165, 1.54) is 0 Å². The molecule has 130 valence electrons. The molecule has 0 atom stereocenters. The van der Waals surface area contributed by atoms with Gasteiger partial charge in [0.05, 0.1) is 19.3 Å². The first-order chi connectivity index (χ1) is 11.7. The molecular formula is C20H26O4. The molecule has 1 aromatic rings. The van der Waals surface area contributed by atoms with E-state index in [0.29, 0.717) is 12.0 Å². The van der Waals surface area contributed by atoms with Gasteiger partial charge in [0.15, 0.2) is 0 Å². The average Bonchev–Trinajstić information content (AvgIpc) is 2.60. The van der Waals surface area contributed by atoms with Crippen molar-refractivity contribution in [2.75, 3.05) is 13.2 Å². The van der Waals surface area contributed by atoms with E-state index in [4.69, 9.17) is 14.6 Å². The van der Waals surface area contributed by atoms with Crippen molar-refractivity contribution >= 4 is 12.0 Å². The van der Waals surface area contributed by atoms with Gasteiger partial charge < -0.3 is 14.6 Å². The van der Waals surface area contributed by atoms with Gasteiger partial charge in [0, 0.05) is 6.08 Å². The molecule has 1 saturated carbocycles. The topological polar surface area (TPSA) is 55.8 Å². The molecule has 0 saturated heterocycles. The molecule has 1 aliphatic rings. The molecule has 0 spiro atoms. The van der Waals surface area contributed by atoms with Crippen molar-refractivity contribution in [2.45, 2.75) is 38.2 Å². The molecule has 1 fully saturated rings. The third-order valence-corrected chi connectivity index (χ3v) is 4.25. The van der Waals surface area contributed by atoms with Crippen molar-refractivity contribution in [2.24, 2.45) is 5.92 Å². The van der Waals surface area contributed by atoms with Crippen LogP contribution in [0.1, 0.15) is 37.7 Å². The Balaban J connectivity index is 1.69. The van der Waals surface area contributed by atoms with Crippen LogP contribution >= 0.6 is 0 Å². The zero-order valence-corrected chi connectivity index (χ0v) is 14.0. The third kappa shape index (κ3) is 6.59. The van der Waals surface area contributed by atoms with Gasteiger partial charge in [-0.15, -0.1) is 6.58 Å². The van der Waals surface area contributed by atoms with E-state index < -0.39 is 5.97 Å². The highest BCUT2D eigenvalue weighted by Crippen LogP contribution is 2.27. The Morgan fingerprint density at radius 3 is 2.54 bits per heavy atom. The lowest BCUT2D eigenvalue weighted by atomic mass is 9.88. The number of carboxylic acids is 1. The molecule has 0 amide bonds. The molecule has 0 radical (unpaired) electrons. The second-order valence-corrected chi connectivity index (χ2v) is 6.14. The molecule has 24 heavy (non-hydrogen) atoms. The van der Waals surface area contributed by atoms with Crippen LogP contribution in [0.25, 0.3) is 6.08 Å². The van der Waals surface area contributed by atoms with E-state index in [-0.39, 0.29) is 0 Å². The summed E-state index contributed by atoms with van der Waals surface area (Å²) in [7, 11) is 0. The zero-order valence-electron chi connectivity index (χ0n) is 14.0. The van der Waals surface area contributed by atoms with E-state index in [2.05, 4.69) is 6.58 Å². The van der Waals surface area contributed by atoms with Crippen LogP contribution in [-0.2, 0) is 9.53 Å². The standard InChI is InChI=1S/C20H26O4/c1-2-3-14-23-18-11-6-17(7-12-18)15-24-19-9-4-16(5-10-19)8-13-20(21)22/h2,4-5,8-10,13,17-18H,1,3,6-7,11-12,14-15H2,(H,21,22)/b13-8+. The van der Waals surface area contributed by atoms with E-state index in [9.17, 15) is 4.79 Å². The third-order valence-electron chi connectivity index (χ3n) is 4.25. The van der Waals surface area contributed by atoms with E-state index >= 15 is 0 Å². The minimum absolute atomic E-state index is 0.390. The lowest BCUT2D eigenvalue weighted by molar-refractivity contribution is -0.131. The lowest BCUT2D eigenvalue weighted by Crippen LogP contribution is -2.25. The van der Waals surface area contributed by atoms with Crippen molar-refractivity contribution in [1.29, 1.82) is 0 Å². The number of rotatable bonds is 9. The minimum Gasteiger partial charge on any atom is -0.493 e. The van der Waals surface area contributed by atoms with E-state index in [1.807, 2.05) is 30.3 Å². The second kappa shape index (κ2) is 9.93. The Bertz CT molecular complexity index is 539. The molecule has 0 bridgehead atoms. The summed E-state index contributed by atoms with van der Waals surface area (Å²) in [6, 6.07) is 7.48. The van der Waals surface area contributed by atoms with E-state index in [0.717, 1.165) is 62.7 Å². The fraction of sp³-hybridized carbons (Fsp3) is 0.450. The highest BCUT2D eigenvalue weighted by molar-refractivity contribution is 5.85. The van der Waals surface area contributed by atoms with Crippen molar-refractivity contribution in [3.05, 3.63) is 48.6 Å². The maximum Gasteiger partial charge on any atom is 0.328 e. The second-order valence-electron chi connectivity index (χ2n) is 6.14. The molecule has 2 rings (SSSR count). The van der Waals surface area contributed by atoms with Gasteiger partial charge in [0.2, 0.25) is 0 Å². The van der Waals surface area contributed by atoms with Gasteiger partial charge in [-0.2, -0.15) is 0 Å².